The number of halogens is 3. The molecule has 3 rings (SSSR count). The van der Waals surface area contributed by atoms with Crippen molar-refractivity contribution < 1.29 is 22.8 Å². The molecule has 98 valence electrons. The number of rotatable bonds is 0. The van der Waals surface area contributed by atoms with Crippen molar-refractivity contribution in [2.75, 3.05) is 0 Å². The van der Waals surface area contributed by atoms with Crippen LogP contribution in [0.15, 0.2) is 11.3 Å². The van der Waals surface area contributed by atoms with Gasteiger partial charge in [-0.25, -0.2) is 4.90 Å². The number of ketones is 1. The van der Waals surface area contributed by atoms with Gasteiger partial charge in [0.25, 0.3) is 0 Å². The van der Waals surface area contributed by atoms with Crippen molar-refractivity contribution in [1.29, 1.82) is 0 Å². The second-order valence-electron chi connectivity index (χ2n) is 5.43. The van der Waals surface area contributed by atoms with E-state index in [9.17, 15) is 22.8 Å². The molecule has 0 aromatic heterocycles. The molecule has 1 aliphatic heterocycles. The summed E-state index contributed by atoms with van der Waals surface area (Å²) in [5.41, 5.74) is -0.289. The minimum Gasteiger partial charge on any atom is -0.294 e. The molecule has 6 heteroatoms. The van der Waals surface area contributed by atoms with Crippen LogP contribution in [0.25, 0.3) is 0 Å². The fourth-order valence-electron chi connectivity index (χ4n) is 3.25. The van der Waals surface area contributed by atoms with E-state index in [-0.39, 0.29) is 40.2 Å². The highest BCUT2D eigenvalue weighted by Gasteiger charge is 2.54. The third kappa shape index (κ3) is 1.51. The monoisotopic (exact) mass is 259 g/mol. The van der Waals surface area contributed by atoms with Crippen molar-refractivity contribution in [2.24, 2.45) is 5.41 Å². The van der Waals surface area contributed by atoms with Gasteiger partial charge in [-0.2, -0.15) is 0 Å². The molecule has 1 fully saturated rings. The summed E-state index contributed by atoms with van der Waals surface area (Å²) in [4.78, 5) is 23.2. The molecule has 18 heavy (non-hydrogen) atoms. The first-order chi connectivity index (χ1) is 8.32. The van der Waals surface area contributed by atoms with Crippen molar-refractivity contribution in [3.8, 4) is 0 Å². The molecule has 0 radical (unpaired) electrons. The maximum atomic E-state index is 12.8. The van der Waals surface area contributed by atoms with E-state index in [0.29, 0.717) is 6.42 Å². The average molecular weight is 259 g/mol. The van der Waals surface area contributed by atoms with E-state index < -0.39 is 12.2 Å². The Balaban J connectivity index is 2.00. The summed E-state index contributed by atoms with van der Waals surface area (Å²) < 4.78 is 38.5. The van der Waals surface area contributed by atoms with Gasteiger partial charge < -0.3 is 0 Å². The maximum Gasteiger partial charge on any atom is 0.491 e. The number of nitrogens with zero attached hydrogens (tertiary/aromatic N) is 1. The molecule has 3 nitrogen and oxygen atoms in total. The fraction of sp³-hybridized carbons (Fsp3) is 0.667. The summed E-state index contributed by atoms with van der Waals surface area (Å²) in [6, 6.07) is 0. The average Bonchev–Trinajstić information content (AvgIpc) is 2.51. The normalized spacial score (nSPS) is 26.7. The summed E-state index contributed by atoms with van der Waals surface area (Å²) in [5.74, 6) is -1.28. The Bertz CT molecular complexity index is 474. The highest BCUT2D eigenvalue weighted by atomic mass is 19.4. The molecule has 1 saturated carbocycles. The quantitative estimate of drug-likeness (QED) is 0.627. The lowest BCUT2D eigenvalue weighted by molar-refractivity contribution is -0.228. The number of hydrogen-bond donors (Lipinski definition) is 0. The van der Waals surface area contributed by atoms with Gasteiger partial charge in [0.15, 0.2) is 5.78 Å². The van der Waals surface area contributed by atoms with Gasteiger partial charge in [-0.05, 0) is 24.7 Å². The minimum atomic E-state index is -4.71. The van der Waals surface area contributed by atoms with Gasteiger partial charge in [0.2, 0.25) is 5.91 Å². The van der Waals surface area contributed by atoms with Crippen molar-refractivity contribution in [3.05, 3.63) is 11.3 Å². The SMILES string of the molecule is O=C1CC2(CCC2)CC2=C1CC(=O)N2C(F)(F)F. The molecule has 2 aliphatic carbocycles. The Kier molecular flexibility index (Phi) is 2.19. The van der Waals surface area contributed by atoms with Crippen molar-refractivity contribution >= 4 is 11.7 Å². The summed E-state index contributed by atoms with van der Waals surface area (Å²) in [6.45, 7) is 0. The first kappa shape index (κ1) is 11.7. The summed E-state index contributed by atoms with van der Waals surface area (Å²) in [7, 11) is 0. The zero-order valence-corrected chi connectivity index (χ0v) is 9.64. The second-order valence-corrected chi connectivity index (χ2v) is 5.43. The van der Waals surface area contributed by atoms with Crippen LogP contribution in [0, 0.1) is 5.41 Å². The number of hydrogen-bond acceptors (Lipinski definition) is 2. The lowest BCUT2D eigenvalue weighted by Gasteiger charge is -2.45. The Hall–Kier alpha value is -1.33. The summed E-state index contributed by atoms with van der Waals surface area (Å²) in [6.07, 6.45) is -2.04. The van der Waals surface area contributed by atoms with E-state index in [4.69, 9.17) is 0 Å². The van der Waals surface area contributed by atoms with Crippen molar-refractivity contribution in [3.63, 3.8) is 0 Å². The minimum absolute atomic E-state index is 0.0801. The van der Waals surface area contributed by atoms with Gasteiger partial charge in [-0.1, -0.05) is 6.42 Å². The summed E-state index contributed by atoms with van der Waals surface area (Å²) >= 11 is 0. The molecule has 0 bridgehead atoms. The van der Waals surface area contributed by atoms with E-state index >= 15 is 0 Å². The van der Waals surface area contributed by atoms with Crippen LogP contribution in [0.4, 0.5) is 13.2 Å². The number of carbonyl (C=O) groups is 2. The Labute approximate surface area is 102 Å². The Morgan fingerprint density at radius 3 is 2.28 bits per heavy atom. The molecule has 1 spiro atoms. The van der Waals surface area contributed by atoms with Crippen LogP contribution in [0.2, 0.25) is 0 Å². The first-order valence-electron chi connectivity index (χ1n) is 5.97. The lowest BCUT2D eigenvalue weighted by Crippen LogP contribution is -2.43. The lowest BCUT2D eigenvalue weighted by atomic mass is 9.60. The molecule has 0 unspecified atom stereocenters. The van der Waals surface area contributed by atoms with E-state index in [2.05, 4.69) is 0 Å². The maximum absolute atomic E-state index is 12.8. The first-order valence-corrected chi connectivity index (χ1v) is 5.97. The standard InChI is InChI=1S/C12H12F3NO2/c13-12(14,15)16-8-5-11(2-1-3-11)6-9(17)7(8)4-10(16)18/h1-6H2. The van der Waals surface area contributed by atoms with Crippen LogP contribution in [-0.2, 0) is 9.59 Å². The number of amides is 1. The van der Waals surface area contributed by atoms with Crippen LogP contribution in [0.1, 0.15) is 38.5 Å². The molecule has 0 N–H and O–H groups in total. The zero-order valence-electron chi connectivity index (χ0n) is 9.64. The molecule has 0 saturated heterocycles. The predicted molar refractivity (Wildman–Crippen MR) is 55.1 cm³/mol. The van der Waals surface area contributed by atoms with Crippen LogP contribution in [0.5, 0.6) is 0 Å². The van der Waals surface area contributed by atoms with Gasteiger partial charge in [0, 0.05) is 17.7 Å². The van der Waals surface area contributed by atoms with Crippen LogP contribution < -0.4 is 0 Å². The van der Waals surface area contributed by atoms with Crippen LogP contribution in [-0.4, -0.2) is 22.9 Å². The molecule has 1 heterocycles. The number of allylic oxidation sites excluding steroid dienone is 1. The molecule has 0 aromatic rings. The molecular weight excluding hydrogens is 247 g/mol. The third-order valence-corrected chi connectivity index (χ3v) is 4.28. The number of alkyl halides is 3. The summed E-state index contributed by atoms with van der Waals surface area (Å²) in [5, 5.41) is 0. The van der Waals surface area contributed by atoms with E-state index in [0.717, 1.165) is 19.3 Å². The molecule has 0 atom stereocenters. The highest BCUT2D eigenvalue weighted by molar-refractivity contribution is 6.05. The highest BCUT2D eigenvalue weighted by Crippen LogP contribution is 2.55. The van der Waals surface area contributed by atoms with Crippen molar-refractivity contribution in [2.45, 2.75) is 44.8 Å². The smallest absolute Gasteiger partial charge is 0.294 e. The topological polar surface area (TPSA) is 37.4 Å². The second kappa shape index (κ2) is 3.36. The molecule has 1 amide bonds. The largest absolute Gasteiger partial charge is 0.491 e. The third-order valence-electron chi connectivity index (χ3n) is 4.28. The van der Waals surface area contributed by atoms with E-state index in [1.165, 1.54) is 0 Å². The van der Waals surface area contributed by atoms with Gasteiger partial charge in [0.1, 0.15) is 0 Å². The molecule has 3 aliphatic rings. The van der Waals surface area contributed by atoms with Gasteiger partial charge in [0.05, 0.1) is 6.42 Å². The van der Waals surface area contributed by atoms with Gasteiger partial charge in [-0.3, -0.25) is 9.59 Å². The number of carbonyl (C=O) groups excluding carboxylic acids is 2. The van der Waals surface area contributed by atoms with E-state index in [1.807, 2.05) is 0 Å². The zero-order chi connectivity index (χ0) is 13.1. The predicted octanol–water partition coefficient (Wildman–Crippen LogP) is 2.53. The van der Waals surface area contributed by atoms with Crippen molar-refractivity contribution in [1.82, 2.24) is 4.90 Å². The number of Topliss-reactive ketones (excluding diaryl/α,β-unsaturated/α-hetero) is 1. The Morgan fingerprint density at radius 2 is 1.78 bits per heavy atom. The fourth-order valence-corrected chi connectivity index (χ4v) is 3.25. The van der Waals surface area contributed by atoms with Crippen LogP contribution in [0.3, 0.4) is 0 Å². The van der Waals surface area contributed by atoms with E-state index in [1.54, 1.807) is 0 Å². The van der Waals surface area contributed by atoms with Gasteiger partial charge in [-0.15, -0.1) is 13.2 Å². The molecular formula is C12H12F3NO2. The van der Waals surface area contributed by atoms with Crippen LogP contribution >= 0.6 is 0 Å². The molecule has 0 aromatic carbocycles. The Morgan fingerprint density at radius 1 is 1.11 bits per heavy atom. The van der Waals surface area contributed by atoms with Gasteiger partial charge >= 0.3 is 6.30 Å².